The van der Waals surface area contributed by atoms with Gasteiger partial charge < -0.3 is 4.74 Å². The quantitative estimate of drug-likeness (QED) is 0.740. The number of benzene rings is 2. The second-order valence-electron chi connectivity index (χ2n) is 7.35. The SMILES string of the molecule is CCOc1cc(C)c(S(=O)(=O)N2CCC(Cc3ccccc3)CC2)cc1C. The summed E-state index contributed by atoms with van der Waals surface area (Å²) < 4.78 is 33.6. The van der Waals surface area contributed by atoms with E-state index in [0.29, 0.717) is 30.5 Å². The van der Waals surface area contributed by atoms with Gasteiger partial charge in [-0.05, 0) is 74.8 Å². The molecule has 0 unspecified atom stereocenters. The van der Waals surface area contributed by atoms with Crippen LogP contribution in [0.15, 0.2) is 47.4 Å². The zero-order valence-electron chi connectivity index (χ0n) is 16.4. The third-order valence-electron chi connectivity index (χ3n) is 5.33. The van der Waals surface area contributed by atoms with Crippen LogP contribution in [0.3, 0.4) is 0 Å². The number of hydrogen-bond donors (Lipinski definition) is 0. The zero-order valence-corrected chi connectivity index (χ0v) is 17.3. The first kappa shape index (κ1) is 19.9. The minimum atomic E-state index is -3.47. The number of ether oxygens (including phenoxy) is 1. The highest BCUT2D eigenvalue weighted by molar-refractivity contribution is 7.89. The molecule has 1 saturated heterocycles. The fraction of sp³-hybridized carbons (Fsp3) is 0.455. The number of hydrogen-bond acceptors (Lipinski definition) is 3. The van der Waals surface area contributed by atoms with E-state index in [1.54, 1.807) is 10.4 Å². The molecule has 1 aliphatic heterocycles. The third-order valence-corrected chi connectivity index (χ3v) is 7.37. The summed E-state index contributed by atoms with van der Waals surface area (Å²) in [5.74, 6) is 1.30. The van der Waals surface area contributed by atoms with Crippen molar-refractivity contribution in [1.29, 1.82) is 0 Å². The molecular weight excluding hydrogens is 358 g/mol. The first-order chi connectivity index (χ1) is 12.9. The molecule has 1 fully saturated rings. The van der Waals surface area contributed by atoms with Gasteiger partial charge >= 0.3 is 0 Å². The predicted octanol–water partition coefficient (Wildman–Crippen LogP) is 4.35. The summed E-state index contributed by atoms with van der Waals surface area (Å²) in [7, 11) is -3.47. The Morgan fingerprint density at radius 3 is 2.33 bits per heavy atom. The maximum atomic E-state index is 13.2. The summed E-state index contributed by atoms with van der Waals surface area (Å²) in [6.07, 6.45) is 2.84. The van der Waals surface area contributed by atoms with E-state index in [0.717, 1.165) is 36.1 Å². The summed E-state index contributed by atoms with van der Waals surface area (Å²) in [6.45, 7) is 7.42. The topological polar surface area (TPSA) is 46.6 Å². The van der Waals surface area contributed by atoms with Gasteiger partial charge in [-0.3, -0.25) is 0 Å². The van der Waals surface area contributed by atoms with Gasteiger partial charge in [0.2, 0.25) is 10.0 Å². The van der Waals surface area contributed by atoms with Crippen LogP contribution in [0.25, 0.3) is 0 Å². The summed E-state index contributed by atoms with van der Waals surface area (Å²) in [4.78, 5) is 0.407. The smallest absolute Gasteiger partial charge is 0.243 e. The van der Waals surface area contributed by atoms with Gasteiger partial charge in [-0.1, -0.05) is 30.3 Å². The van der Waals surface area contributed by atoms with Crippen LogP contribution in [-0.4, -0.2) is 32.4 Å². The Morgan fingerprint density at radius 1 is 1.04 bits per heavy atom. The van der Waals surface area contributed by atoms with Crippen molar-refractivity contribution in [1.82, 2.24) is 4.31 Å². The number of aryl methyl sites for hydroxylation is 2. The first-order valence-corrected chi connectivity index (χ1v) is 11.1. The van der Waals surface area contributed by atoms with Crippen LogP contribution in [0.2, 0.25) is 0 Å². The molecule has 0 spiro atoms. The van der Waals surface area contributed by atoms with Crippen molar-refractivity contribution in [2.75, 3.05) is 19.7 Å². The molecule has 0 amide bonds. The third kappa shape index (κ3) is 4.53. The van der Waals surface area contributed by atoms with Crippen molar-refractivity contribution in [3.05, 3.63) is 59.2 Å². The van der Waals surface area contributed by atoms with E-state index in [1.807, 2.05) is 32.9 Å². The highest BCUT2D eigenvalue weighted by atomic mass is 32.2. The molecule has 146 valence electrons. The monoisotopic (exact) mass is 387 g/mol. The molecule has 0 bridgehead atoms. The summed E-state index contributed by atoms with van der Waals surface area (Å²) >= 11 is 0. The van der Waals surface area contributed by atoms with Gasteiger partial charge in [-0.2, -0.15) is 4.31 Å². The molecule has 2 aromatic rings. The van der Waals surface area contributed by atoms with Crippen molar-refractivity contribution >= 4 is 10.0 Å². The van der Waals surface area contributed by atoms with Crippen molar-refractivity contribution in [3.63, 3.8) is 0 Å². The van der Waals surface area contributed by atoms with Gasteiger partial charge in [-0.25, -0.2) is 8.42 Å². The van der Waals surface area contributed by atoms with Crippen molar-refractivity contribution in [2.45, 2.75) is 44.9 Å². The Bertz CT molecular complexity index is 870. The van der Waals surface area contributed by atoms with Crippen molar-refractivity contribution in [2.24, 2.45) is 5.92 Å². The molecular formula is C22H29NO3S. The number of piperidine rings is 1. The minimum Gasteiger partial charge on any atom is -0.494 e. The van der Waals surface area contributed by atoms with Crippen LogP contribution < -0.4 is 4.74 Å². The molecule has 1 aliphatic rings. The second-order valence-corrected chi connectivity index (χ2v) is 9.26. The maximum Gasteiger partial charge on any atom is 0.243 e. The lowest BCUT2D eigenvalue weighted by atomic mass is 9.91. The number of sulfonamides is 1. The molecule has 3 rings (SSSR count). The van der Waals surface area contributed by atoms with Crippen LogP contribution in [0, 0.1) is 19.8 Å². The van der Waals surface area contributed by atoms with Gasteiger partial charge in [0.05, 0.1) is 11.5 Å². The van der Waals surface area contributed by atoms with Crippen LogP contribution in [-0.2, 0) is 16.4 Å². The molecule has 1 heterocycles. The lowest BCUT2D eigenvalue weighted by Crippen LogP contribution is -2.39. The molecule has 0 saturated carbocycles. The van der Waals surface area contributed by atoms with E-state index in [1.165, 1.54) is 5.56 Å². The molecule has 4 nitrogen and oxygen atoms in total. The van der Waals surface area contributed by atoms with Crippen LogP contribution in [0.4, 0.5) is 0 Å². The highest BCUT2D eigenvalue weighted by Gasteiger charge is 2.31. The Balaban J connectivity index is 1.71. The summed E-state index contributed by atoms with van der Waals surface area (Å²) in [5, 5.41) is 0. The first-order valence-electron chi connectivity index (χ1n) is 9.70. The van der Waals surface area contributed by atoms with Crippen LogP contribution in [0.1, 0.15) is 36.5 Å². The van der Waals surface area contributed by atoms with Gasteiger partial charge in [-0.15, -0.1) is 0 Å². The van der Waals surface area contributed by atoms with Crippen LogP contribution >= 0.6 is 0 Å². The normalized spacial score (nSPS) is 16.4. The average molecular weight is 388 g/mol. The lowest BCUT2D eigenvalue weighted by Gasteiger charge is -2.31. The second kappa shape index (κ2) is 8.44. The minimum absolute atomic E-state index is 0.407. The summed E-state index contributed by atoms with van der Waals surface area (Å²) in [6, 6.07) is 14.0. The molecule has 5 heteroatoms. The van der Waals surface area contributed by atoms with Gasteiger partial charge in [0.15, 0.2) is 0 Å². The van der Waals surface area contributed by atoms with Gasteiger partial charge in [0.1, 0.15) is 5.75 Å². The Morgan fingerprint density at radius 2 is 1.70 bits per heavy atom. The lowest BCUT2D eigenvalue weighted by molar-refractivity contribution is 0.272. The Hall–Kier alpha value is -1.85. The van der Waals surface area contributed by atoms with E-state index in [2.05, 4.69) is 24.3 Å². The zero-order chi connectivity index (χ0) is 19.4. The molecule has 0 aliphatic carbocycles. The molecule has 0 N–H and O–H groups in total. The molecule has 2 aromatic carbocycles. The van der Waals surface area contributed by atoms with Crippen molar-refractivity contribution < 1.29 is 13.2 Å². The molecule has 0 aromatic heterocycles. The number of rotatable bonds is 6. The molecule has 0 radical (unpaired) electrons. The largest absolute Gasteiger partial charge is 0.494 e. The maximum absolute atomic E-state index is 13.2. The van der Waals surface area contributed by atoms with E-state index in [9.17, 15) is 8.42 Å². The Labute approximate surface area is 163 Å². The van der Waals surface area contributed by atoms with E-state index in [-0.39, 0.29) is 0 Å². The average Bonchev–Trinajstić information content (AvgIpc) is 2.66. The molecule has 27 heavy (non-hydrogen) atoms. The predicted molar refractivity (Wildman–Crippen MR) is 109 cm³/mol. The standard InChI is InChI=1S/C22H29NO3S/c1-4-26-21-14-18(3)22(15-17(21)2)27(24,25)23-12-10-20(11-13-23)16-19-8-6-5-7-9-19/h5-9,14-15,20H,4,10-13,16H2,1-3H3. The van der Waals surface area contributed by atoms with E-state index in [4.69, 9.17) is 4.74 Å². The Kier molecular flexibility index (Phi) is 6.22. The number of nitrogens with zero attached hydrogens (tertiary/aromatic N) is 1. The fourth-order valence-corrected chi connectivity index (χ4v) is 5.55. The van der Waals surface area contributed by atoms with E-state index >= 15 is 0 Å². The van der Waals surface area contributed by atoms with E-state index < -0.39 is 10.0 Å². The van der Waals surface area contributed by atoms with Gasteiger partial charge in [0.25, 0.3) is 0 Å². The highest BCUT2D eigenvalue weighted by Crippen LogP contribution is 2.31. The fourth-order valence-electron chi connectivity index (χ4n) is 3.79. The summed E-state index contributed by atoms with van der Waals surface area (Å²) in [5.41, 5.74) is 2.94. The van der Waals surface area contributed by atoms with Gasteiger partial charge in [0, 0.05) is 13.1 Å². The molecule has 0 atom stereocenters. The van der Waals surface area contributed by atoms with Crippen LogP contribution in [0.5, 0.6) is 5.75 Å². The van der Waals surface area contributed by atoms with Crippen molar-refractivity contribution in [3.8, 4) is 5.75 Å².